The molecule has 5 rings (SSSR count). The highest BCUT2D eigenvalue weighted by atomic mass is 32.2. The average Bonchev–Trinajstić information content (AvgIpc) is 2.87. The van der Waals surface area contributed by atoms with E-state index in [0.29, 0.717) is 27.5 Å². The minimum Gasteiger partial charge on any atom is -0.459 e. The molecule has 2 aromatic carbocycles. The molecule has 184 valence electrons. The highest BCUT2D eigenvalue weighted by Gasteiger charge is 2.37. The van der Waals surface area contributed by atoms with E-state index in [9.17, 15) is 14.4 Å². The molecule has 0 heterocycles. The standard InChI is InChI=1S/C29H33NO4S/c1-2-3-14-35-23-16-22(29(33)34-19-13-12-17-8-4-5-9-18(17)15-19)26(30)25-24(23)27(31)20-10-6-7-11-21(20)28(25)32/h6-7,10-11,16-19H,2-5,8-9,12-15,30H2,1H3/t17-,18?,19+/m0/s1. The van der Waals surface area contributed by atoms with Gasteiger partial charge in [0.1, 0.15) is 6.10 Å². The minimum atomic E-state index is -0.485. The molecule has 3 aliphatic carbocycles. The number of ketones is 2. The number of esters is 1. The zero-order chi connectivity index (χ0) is 24.5. The van der Waals surface area contributed by atoms with Crippen molar-refractivity contribution >= 4 is 35.0 Å². The van der Waals surface area contributed by atoms with E-state index in [1.165, 1.54) is 37.4 Å². The summed E-state index contributed by atoms with van der Waals surface area (Å²) in [6, 6.07) is 8.51. The van der Waals surface area contributed by atoms with Crippen LogP contribution in [0, 0.1) is 11.8 Å². The summed E-state index contributed by atoms with van der Waals surface area (Å²) in [4.78, 5) is 41.0. The zero-order valence-corrected chi connectivity index (χ0v) is 21.1. The molecule has 1 unspecified atom stereocenters. The van der Waals surface area contributed by atoms with Crippen molar-refractivity contribution in [1.82, 2.24) is 0 Å². The van der Waals surface area contributed by atoms with Gasteiger partial charge in [-0.25, -0.2) is 4.79 Å². The molecule has 6 heteroatoms. The monoisotopic (exact) mass is 491 g/mol. The molecule has 3 aliphatic rings. The number of carbonyl (C=O) groups is 3. The SMILES string of the molecule is CCCCSc1cc(C(=O)O[C@@H]2CC[C@@H]3CCCCC3C2)c(N)c2c1C(=O)c1ccccc1C2=O. The van der Waals surface area contributed by atoms with Crippen molar-refractivity contribution in [3.8, 4) is 0 Å². The molecule has 2 aromatic rings. The molecule has 0 amide bonds. The predicted octanol–water partition coefficient (Wildman–Crippen LogP) is 6.45. The van der Waals surface area contributed by atoms with Gasteiger partial charge in [-0.05, 0) is 49.3 Å². The number of hydrogen-bond donors (Lipinski definition) is 1. The summed E-state index contributed by atoms with van der Waals surface area (Å²) >= 11 is 1.50. The number of anilines is 1. The number of fused-ring (bicyclic) bond motifs is 3. The van der Waals surface area contributed by atoms with E-state index in [0.717, 1.165) is 43.8 Å². The Balaban J connectivity index is 1.48. The summed E-state index contributed by atoms with van der Waals surface area (Å²) in [5, 5.41) is 0. The van der Waals surface area contributed by atoms with Crippen LogP contribution in [0.4, 0.5) is 5.69 Å². The quantitative estimate of drug-likeness (QED) is 0.184. The normalized spacial score (nSPS) is 23.3. The first-order chi connectivity index (χ1) is 17.0. The molecule has 2 N–H and O–H groups in total. The fourth-order valence-electron chi connectivity index (χ4n) is 6.04. The summed E-state index contributed by atoms with van der Waals surface area (Å²) in [5.74, 6) is 1.18. The Labute approximate surface area is 211 Å². The number of nitrogen functional groups attached to an aromatic ring is 1. The minimum absolute atomic E-state index is 0.0593. The van der Waals surface area contributed by atoms with Crippen molar-refractivity contribution in [2.24, 2.45) is 11.8 Å². The maximum Gasteiger partial charge on any atom is 0.340 e. The molecule has 0 spiro atoms. The molecule has 0 aliphatic heterocycles. The number of carbonyl (C=O) groups excluding carboxylic acids is 3. The first-order valence-electron chi connectivity index (χ1n) is 13.0. The van der Waals surface area contributed by atoms with Gasteiger partial charge < -0.3 is 10.5 Å². The molecular weight excluding hydrogens is 458 g/mol. The molecule has 5 nitrogen and oxygen atoms in total. The van der Waals surface area contributed by atoms with Gasteiger partial charge in [-0.1, -0.05) is 63.3 Å². The van der Waals surface area contributed by atoms with Gasteiger partial charge >= 0.3 is 5.97 Å². The summed E-state index contributed by atoms with van der Waals surface area (Å²) < 4.78 is 5.99. The van der Waals surface area contributed by atoms with E-state index in [4.69, 9.17) is 10.5 Å². The number of unbranched alkanes of at least 4 members (excludes halogenated alkanes) is 1. The van der Waals surface area contributed by atoms with Crippen molar-refractivity contribution in [1.29, 1.82) is 0 Å². The lowest BCUT2D eigenvalue weighted by Crippen LogP contribution is -2.33. The third-order valence-corrected chi connectivity index (χ3v) is 9.07. The molecule has 0 radical (unpaired) electrons. The third-order valence-electron chi connectivity index (χ3n) is 7.94. The molecule has 2 fully saturated rings. The first-order valence-corrected chi connectivity index (χ1v) is 14.0. The number of hydrogen-bond acceptors (Lipinski definition) is 6. The second-order valence-corrected chi connectivity index (χ2v) is 11.3. The summed E-state index contributed by atoms with van der Waals surface area (Å²) in [7, 11) is 0. The van der Waals surface area contributed by atoms with Gasteiger partial charge in [-0.15, -0.1) is 11.8 Å². The van der Waals surface area contributed by atoms with E-state index in [2.05, 4.69) is 6.92 Å². The topological polar surface area (TPSA) is 86.5 Å². The van der Waals surface area contributed by atoms with Crippen LogP contribution in [0.5, 0.6) is 0 Å². The third kappa shape index (κ3) is 4.53. The van der Waals surface area contributed by atoms with Crippen LogP contribution in [0.25, 0.3) is 0 Å². The van der Waals surface area contributed by atoms with Crippen LogP contribution in [0.1, 0.15) is 107 Å². The van der Waals surface area contributed by atoms with Crippen LogP contribution in [-0.2, 0) is 4.74 Å². The number of ether oxygens (including phenoxy) is 1. The maximum absolute atomic E-state index is 13.5. The second-order valence-electron chi connectivity index (χ2n) is 10.1. The maximum atomic E-state index is 13.5. The number of thioether (sulfide) groups is 1. The van der Waals surface area contributed by atoms with Crippen LogP contribution in [-0.4, -0.2) is 29.4 Å². The van der Waals surface area contributed by atoms with Gasteiger partial charge in [0.2, 0.25) is 0 Å². The van der Waals surface area contributed by atoms with Gasteiger partial charge in [0, 0.05) is 21.6 Å². The largest absolute Gasteiger partial charge is 0.459 e. The Kier molecular flexibility index (Phi) is 7.01. The number of rotatable bonds is 6. The van der Waals surface area contributed by atoms with Crippen molar-refractivity contribution in [2.45, 2.75) is 75.7 Å². The predicted molar refractivity (Wildman–Crippen MR) is 138 cm³/mol. The summed E-state index contributed by atoms with van der Waals surface area (Å²) in [6.07, 6.45) is 9.82. The Hall–Kier alpha value is -2.60. The van der Waals surface area contributed by atoms with Gasteiger partial charge in [0.05, 0.1) is 16.8 Å². The average molecular weight is 492 g/mol. The lowest BCUT2D eigenvalue weighted by Gasteiger charge is -2.38. The van der Waals surface area contributed by atoms with Gasteiger partial charge in [-0.3, -0.25) is 9.59 Å². The lowest BCUT2D eigenvalue weighted by molar-refractivity contribution is -0.000861. The second kappa shape index (κ2) is 10.2. The van der Waals surface area contributed by atoms with Crippen LogP contribution in [0.2, 0.25) is 0 Å². The van der Waals surface area contributed by atoms with Crippen molar-refractivity contribution < 1.29 is 19.1 Å². The van der Waals surface area contributed by atoms with E-state index in [1.54, 1.807) is 30.3 Å². The molecule has 0 bridgehead atoms. The fraction of sp³-hybridized carbons (Fsp3) is 0.483. The first kappa shape index (κ1) is 24.1. The Bertz CT molecular complexity index is 1170. The van der Waals surface area contributed by atoms with E-state index in [-0.39, 0.29) is 34.5 Å². The Morgan fingerprint density at radius 3 is 2.40 bits per heavy atom. The van der Waals surface area contributed by atoms with Crippen LogP contribution < -0.4 is 5.73 Å². The van der Waals surface area contributed by atoms with Gasteiger partial charge in [0.15, 0.2) is 11.6 Å². The molecule has 2 saturated carbocycles. The van der Waals surface area contributed by atoms with E-state index < -0.39 is 5.97 Å². The Morgan fingerprint density at radius 1 is 1.00 bits per heavy atom. The smallest absolute Gasteiger partial charge is 0.340 e. The lowest BCUT2D eigenvalue weighted by atomic mass is 9.70. The number of benzene rings is 2. The molecule has 0 aromatic heterocycles. The Morgan fingerprint density at radius 2 is 1.69 bits per heavy atom. The highest BCUT2D eigenvalue weighted by Crippen LogP contribution is 2.43. The highest BCUT2D eigenvalue weighted by molar-refractivity contribution is 7.99. The summed E-state index contributed by atoms with van der Waals surface area (Å²) in [6.45, 7) is 2.10. The molecule has 3 atom stereocenters. The van der Waals surface area contributed by atoms with E-state index in [1.807, 2.05) is 0 Å². The van der Waals surface area contributed by atoms with E-state index >= 15 is 0 Å². The molecular formula is C29H33NO4S. The molecule has 0 saturated heterocycles. The van der Waals surface area contributed by atoms with Crippen LogP contribution in [0.15, 0.2) is 35.2 Å². The zero-order valence-electron chi connectivity index (χ0n) is 20.3. The van der Waals surface area contributed by atoms with Crippen molar-refractivity contribution in [3.05, 3.63) is 58.1 Å². The summed E-state index contributed by atoms with van der Waals surface area (Å²) in [5.41, 5.74) is 7.93. The van der Waals surface area contributed by atoms with Gasteiger partial charge in [0.25, 0.3) is 0 Å². The van der Waals surface area contributed by atoms with Crippen LogP contribution in [0.3, 0.4) is 0 Å². The fourth-order valence-corrected chi connectivity index (χ4v) is 7.24. The van der Waals surface area contributed by atoms with Gasteiger partial charge in [-0.2, -0.15) is 0 Å². The molecule has 35 heavy (non-hydrogen) atoms. The van der Waals surface area contributed by atoms with Crippen molar-refractivity contribution in [3.63, 3.8) is 0 Å². The van der Waals surface area contributed by atoms with Crippen LogP contribution >= 0.6 is 11.8 Å². The van der Waals surface area contributed by atoms with Crippen molar-refractivity contribution in [2.75, 3.05) is 11.5 Å². The number of nitrogens with two attached hydrogens (primary N) is 1.